The number of aliphatic hydroxyl groups is 1. The average Bonchev–Trinajstić information content (AvgIpc) is 2.80. The molecule has 22 heavy (non-hydrogen) atoms. The maximum absolute atomic E-state index is 10.6. The van der Waals surface area contributed by atoms with Crippen molar-refractivity contribution in [2.45, 2.75) is 71.8 Å². The Morgan fingerprint density at radius 2 is 2.00 bits per heavy atom. The van der Waals surface area contributed by atoms with Gasteiger partial charge in [-0.3, -0.25) is 0 Å². The zero-order chi connectivity index (χ0) is 15.9. The van der Waals surface area contributed by atoms with Crippen molar-refractivity contribution in [3.8, 4) is 0 Å². The van der Waals surface area contributed by atoms with Crippen molar-refractivity contribution in [3.63, 3.8) is 0 Å². The molecule has 0 bridgehead atoms. The summed E-state index contributed by atoms with van der Waals surface area (Å²) in [5.74, 6) is 2.80. The Hall–Kier alpha value is -1.18. The first-order valence-electron chi connectivity index (χ1n) is 8.93. The molecule has 0 saturated carbocycles. The Labute approximate surface area is 134 Å². The molecule has 3 atom stereocenters. The first-order valence-corrected chi connectivity index (χ1v) is 8.93. The Bertz CT molecular complexity index is 536. The van der Waals surface area contributed by atoms with E-state index in [1.54, 1.807) is 0 Å². The van der Waals surface area contributed by atoms with Gasteiger partial charge in [0.2, 0.25) is 0 Å². The topological polar surface area (TPSA) is 29.5 Å². The standard InChI is InChI=1S/C20H30O2/c1-5-6-7-8-14-11-17(21)19-15-9-13(2)10-16(15)20(3,4)22-18(19)12-14/h10-11,14-16,21H,5-9,12H2,1-4H3. The lowest BCUT2D eigenvalue weighted by atomic mass is 9.72. The molecule has 0 radical (unpaired) electrons. The smallest absolute Gasteiger partial charge is 0.118 e. The normalized spacial score (nSPS) is 32.8. The number of allylic oxidation sites excluding steroid dienone is 4. The van der Waals surface area contributed by atoms with E-state index in [4.69, 9.17) is 4.74 Å². The lowest BCUT2D eigenvalue weighted by Crippen LogP contribution is -2.42. The molecule has 2 heteroatoms. The van der Waals surface area contributed by atoms with Crippen LogP contribution < -0.4 is 0 Å². The van der Waals surface area contributed by atoms with Crippen molar-refractivity contribution in [1.29, 1.82) is 0 Å². The van der Waals surface area contributed by atoms with Gasteiger partial charge in [0.25, 0.3) is 0 Å². The van der Waals surface area contributed by atoms with Crippen LogP contribution in [0.4, 0.5) is 0 Å². The summed E-state index contributed by atoms with van der Waals surface area (Å²) in [7, 11) is 0. The average molecular weight is 302 g/mol. The van der Waals surface area contributed by atoms with Crippen LogP contribution >= 0.6 is 0 Å². The minimum absolute atomic E-state index is 0.160. The molecule has 3 aliphatic rings. The Balaban J connectivity index is 1.83. The summed E-state index contributed by atoms with van der Waals surface area (Å²) in [6.45, 7) is 8.83. The predicted molar refractivity (Wildman–Crippen MR) is 90.5 cm³/mol. The van der Waals surface area contributed by atoms with Crippen LogP contribution in [0, 0.1) is 17.8 Å². The van der Waals surface area contributed by atoms with E-state index < -0.39 is 0 Å². The second-order valence-corrected chi connectivity index (χ2v) is 7.90. The highest BCUT2D eigenvalue weighted by Gasteiger charge is 2.48. The fourth-order valence-corrected chi connectivity index (χ4v) is 4.52. The maximum atomic E-state index is 10.6. The van der Waals surface area contributed by atoms with E-state index >= 15 is 0 Å². The summed E-state index contributed by atoms with van der Waals surface area (Å²) in [6.07, 6.45) is 11.4. The quantitative estimate of drug-likeness (QED) is 0.535. The minimum Gasteiger partial charge on any atom is -0.508 e. The molecule has 1 N–H and O–H groups in total. The van der Waals surface area contributed by atoms with Gasteiger partial charge in [0.1, 0.15) is 17.1 Å². The SMILES string of the molecule is CCCCCC1C=C(O)C2=C(C1)OC(C)(C)C1C=C(C)CC21. The summed E-state index contributed by atoms with van der Waals surface area (Å²) < 4.78 is 6.38. The molecule has 1 heterocycles. The van der Waals surface area contributed by atoms with Crippen LogP contribution in [0.3, 0.4) is 0 Å². The zero-order valence-corrected chi connectivity index (χ0v) is 14.5. The molecule has 1 aliphatic heterocycles. The van der Waals surface area contributed by atoms with Crippen molar-refractivity contribution < 1.29 is 9.84 Å². The van der Waals surface area contributed by atoms with Gasteiger partial charge in [-0.15, -0.1) is 0 Å². The molecule has 0 aromatic heterocycles. The molecule has 3 rings (SSSR count). The number of aliphatic hydroxyl groups excluding tert-OH is 1. The first kappa shape index (κ1) is 15.7. The minimum atomic E-state index is -0.160. The summed E-state index contributed by atoms with van der Waals surface area (Å²) in [6, 6.07) is 0. The summed E-state index contributed by atoms with van der Waals surface area (Å²) >= 11 is 0. The number of rotatable bonds is 4. The van der Waals surface area contributed by atoms with Crippen molar-refractivity contribution in [3.05, 3.63) is 34.8 Å². The lowest BCUT2D eigenvalue weighted by Gasteiger charge is -2.44. The Morgan fingerprint density at radius 1 is 1.23 bits per heavy atom. The van der Waals surface area contributed by atoms with Crippen LogP contribution in [0.5, 0.6) is 0 Å². The van der Waals surface area contributed by atoms with Crippen LogP contribution in [-0.4, -0.2) is 10.7 Å². The predicted octanol–water partition coefficient (Wildman–Crippen LogP) is 5.67. The van der Waals surface area contributed by atoms with E-state index in [1.165, 1.54) is 24.8 Å². The highest BCUT2D eigenvalue weighted by atomic mass is 16.5. The molecule has 0 saturated heterocycles. The third kappa shape index (κ3) is 2.73. The molecular weight excluding hydrogens is 272 g/mol. The number of fused-ring (bicyclic) bond motifs is 2. The van der Waals surface area contributed by atoms with E-state index in [-0.39, 0.29) is 5.60 Å². The van der Waals surface area contributed by atoms with E-state index in [0.29, 0.717) is 23.5 Å². The summed E-state index contributed by atoms with van der Waals surface area (Å²) in [5, 5.41) is 10.6. The van der Waals surface area contributed by atoms with Crippen LogP contribution in [0.25, 0.3) is 0 Å². The molecule has 0 amide bonds. The number of ether oxygens (including phenoxy) is 1. The molecule has 3 unspecified atom stereocenters. The van der Waals surface area contributed by atoms with Gasteiger partial charge < -0.3 is 9.84 Å². The van der Waals surface area contributed by atoms with Crippen LogP contribution in [0.2, 0.25) is 0 Å². The van der Waals surface area contributed by atoms with E-state index in [9.17, 15) is 5.11 Å². The van der Waals surface area contributed by atoms with E-state index in [2.05, 4.69) is 39.8 Å². The van der Waals surface area contributed by atoms with E-state index in [0.717, 1.165) is 30.6 Å². The van der Waals surface area contributed by atoms with Crippen molar-refractivity contribution >= 4 is 0 Å². The van der Waals surface area contributed by atoms with Crippen LogP contribution in [0.1, 0.15) is 66.2 Å². The van der Waals surface area contributed by atoms with Gasteiger partial charge in [-0.2, -0.15) is 0 Å². The largest absolute Gasteiger partial charge is 0.508 e. The highest BCUT2D eigenvalue weighted by Crippen LogP contribution is 2.52. The Morgan fingerprint density at radius 3 is 2.73 bits per heavy atom. The van der Waals surface area contributed by atoms with Gasteiger partial charge in [-0.1, -0.05) is 37.8 Å². The summed E-state index contributed by atoms with van der Waals surface area (Å²) in [5.41, 5.74) is 2.37. The molecule has 2 nitrogen and oxygen atoms in total. The van der Waals surface area contributed by atoms with Gasteiger partial charge >= 0.3 is 0 Å². The van der Waals surface area contributed by atoms with Gasteiger partial charge in [0.15, 0.2) is 0 Å². The molecule has 0 aromatic carbocycles. The van der Waals surface area contributed by atoms with E-state index in [1.807, 2.05) is 0 Å². The molecule has 0 fully saturated rings. The zero-order valence-electron chi connectivity index (χ0n) is 14.5. The van der Waals surface area contributed by atoms with Crippen molar-refractivity contribution in [2.24, 2.45) is 17.8 Å². The van der Waals surface area contributed by atoms with Gasteiger partial charge in [-0.25, -0.2) is 0 Å². The molecule has 0 spiro atoms. The second-order valence-electron chi connectivity index (χ2n) is 7.90. The van der Waals surface area contributed by atoms with Gasteiger partial charge in [0, 0.05) is 23.8 Å². The van der Waals surface area contributed by atoms with Gasteiger partial charge in [-0.05, 0) is 45.6 Å². The molecule has 0 aromatic rings. The second kappa shape index (κ2) is 5.79. The highest BCUT2D eigenvalue weighted by molar-refractivity contribution is 5.41. The fraction of sp³-hybridized carbons (Fsp3) is 0.700. The maximum Gasteiger partial charge on any atom is 0.118 e. The monoisotopic (exact) mass is 302 g/mol. The third-order valence-electron chi connectivity index (χ3n) is 5.60. The van der Waals surface area contributed by atoms with Crippen molar-refractivity contribution in [2.75, 3.05) is 0 Å². The molecular formula is C20H30O2. The van der Waals surface area contributed by atoms with Gasteiger partial charge in [0.05, 0.1) is 0 Å². The summed E-state index contributed by atoms with van der Waals surface area (Å²) in [4.78, 5) is 0. The first-order chi connectivity index (χ1) is 10.4. The number of unbranched alkanes of at least 4 members (excludes halogenated alkanes) is 2. The fourth-order valence-electron chi connectivity index (χ4n) is 4.52. The van der Waals surface area contributed by atoms with Crippen LogP contribution in [-0.2, 0) is 4.74 Å². The Kier molecular flexibility index (Phi) is 4.13. The third-order valence-corrected chi connectivity index (χ3v) is 5.60. The lowest BCUT2D eigenvalue weighted by molar-refractivity contribution is -0.0407. The molecule has 2 aliphatic carbocycles. The van der Waals surface area contributed by atoms with Crippen molar-refractivity contribution in [1.82, 2.24) is 0 Å². The molecule has 122 valence electrons. The van der Waals surface area contributed by atoms with Crippen LogP contribution in [0.15, 0.2) is 34.8 Å². The number of hydrogen-bond donors (Lipinski definition) is 1. The number of hydrogen-bond acceptors (Lipinski definition) is 2.